The molecule has 0 bridgehead atoms. The summed E-state index contributed by atoms with van der Waals surface area (Å²) in [6.07, 6.45) is 1.62. The van der Waals surface area contributed by atoms with Gasteiger partial charge in [0.2, 0.25) is 5.88 Å². The summed E-state index contributed by atoms with van der Waals surface area (Å²) in [6.45, 7) is 2.88. The molecule has 0 aromatic carbocycles. The predicted octanol–water partition coefficient (Wildman–Crippen LogP) is 2.57. The molecule has 0 saturated heterocycles. The zero-order valence-electron chi connectivity index (χ0n) is 13.1. The van der Waals surface area contributed by atoms with Crippen LogP contribution in [0.4, 0.5) is 0 Å². The fourth-order valence-electron chi connectivity index (χ4n) is 2.12. The predicted molar refractivity (Wildman–Crippen MR) is 88.5 cm³/mol. The van der Waals surface area contributed by atoms with Crippen LogP contribution in [-0.4, -0.2) is 43.0 Å². The van der Waals surface area contributed by atoms with Crippen LogP contribution in [0.25, 0.3) is 0 Å². The molecular formula is C16H21N3O2S. The molecule has 1 unspecified atom stereocenters. The Balaban J connectivity index is 2.06. The molecule has 118 valence electrons. The van der Waals surface area contributed by atoms with Crippen molar-refractivity contribution in [1.82, 2.24) is 15.2 Å². The van der Waals surface area contributed by atoms with Crippen LogP contribution < -0.4 is 10.1 Å². The lowest BCUT2D eigenvalue weighted by Crippen LogP contribution is -2.34. The van der Waals surface area contributed by atoms with Crippen molar-refractivity contribution < 1.29 is 9.53 Å². The number of likely N-dealkylation sites (N-methyl/N-ethyl adjacent to an activating group) is 1. The van der Waals surface area contributed by atoms with E-state index in [1.807, 2.05) is 32.5 Å². The quantitative estimate of drug-likeness (QED) is 0.852. The van der Waals surface area contributed by atoms with E-state index in [1.54, 1.807) is 29.7 Å². The zero-order valence-corrected chi connectivity index (χ0v) is 13.9. The summed E-state index contributed by atoms with van der Waals surface area (Å²) in [5.41, 5.74) is 0.466. The van der Waals surface area contributed by atoms with Gasteiger partial charge in [0, 0.05) is 17.6 Å². The molecule has 5 nitrogen and oxygen atoms in total. The van der Waals surface area contributed by atoms with Gasteiger partial charge < -0.3 is 15.0 Å². The maximum absolute atomic E-state index is 12.4. The summed E-state index contributed by atoms with van der Waals surface area (Å²) in [5, 5.41) is 5.02. The van der Waals surface area contributed by atoms with Crippen LogP contribution in [0.5, 0.6) is 5.88 Å². The second-order valence-corrected chi connectivity index (χ2v) is 5.97. The maximum Gasteiger partial charge on any atom is 0.256 e. The number of ether oxygens (including phenoxy) is 1. The van der Waals surface area contributed by atoms with Gasteiger partial charge in [0.25, 0.3) is 5.91 Å². The van der Waals surface area contributed by atoms with Crippen LogP contribution in [0.1, 0.15) is 28.2 Å². The molecule has 0 spiro atoms. The standard InChI is InChI=1S/C16H21N3O2S/c1-4-21-16-12(7-5-9-17-16)15(20)18-11-13(19(2)3)14-8-6-10-22-14/h5-10,13H,4,11H2,1-3H3,(H,18,20). The topological polar surface area (TPSA) is 54.5 Å². The van der Waals surface area contributed by atoms with Gasteiger partial charge in [-0.15, -0.1) is 11.3 Å². The molecule has 0 aliphatic heterocycles. The van der Waals surface area contributed by atoms with Gasteiger partial charge in [0.1, 0.15) is 5.56 Å². The van der Waals surface area contributed by atoms with E-state index in [0.717, 1.165) is 0 Å². The van der Waals surface area contributed by atoms with Crippen LogP contribution in [0.2, 0.25) is 0 Å². The molecule has 22 heavy (non-hydrogen) atoms. The van der Waals surface area contributed by atoms with Gasteiger partial charge in [-0.1, -0.05) is 6.07 Å². The average molecular weight is 319 g/mol. The van der Waals surface area contributed by atoms with Gasteiger partial charge in [-0.3, -0.25) is 4.79 Å². The van der Waals surface area contributed by atoms with Crippen LogP contribution in [0.3, 0.4) is 0 Å². The van der Waals surface area contributed by atoms with E-state index < -0.39 is 0 Å². The summed E-state index contributed by atoms with van der Waals surface area (Å²) < 4.78 is 5.40. The number of aromatic nitrogens is 1. The molecular weight excluding hydrogens is 298 g/mol. The Kier molecular flexibility index (Phi) is 5.91. The molecule has 2 aromatic heterocycles. The maximum atomic E-state index is 12.4. The molecule has 0 fully saturated rings. The zero-order chi connectivity index (χ0) is 15.9. The lowest BCUT2D eigenvalue weighted by atomic mass is 10.2. The highest BCUT2D eigenvalue weighted by atomic mass is 32.1. The van der Waals surface area contributed by atoms with E-state index in [-0.39, 0.29) is 11.9 Å². The second kappa shape index (κ2) is 7.91. The van der Waals surface area contributed by atoms with E-state index in [0.29, 0.717) is 24.6 Å². The summed E-state index contributed by atoms with van der Waals surface area (Å²) in [7, 11) is 4.01. The number of nitrogens with one attached hydrogen (secondary N) is 1. The third-order valence-corrected chi connectivity index (χ3v) is 4.22. The number of amides is 1. The van der Waals surface area contributed by atoms with Crippen molar-refractivity contribution in [1.29, 1.82) is 0 Å². The van der Waals surface area contributed by atoms with Gasteiger partial charge in [-0.25, -0.2) is 4.98 Å². The number of rotatable bonds is 7. The van der Waals surface area contributed by atoms with Crippen LogP contribution >= 0.6 is 11.3 Å². The van der Waals surface area contributed by atoms with Gasteiger partial charge >= 0.3 is 0 Å². The fraction of sp³-hybridized carbons (Fsp3) is 0.375. The van der Waals surface area contributed by atoms with E-state index in [9.17, 15) is 4.79 Å². The van der Waals surface area contributed by atoms with Crippen LogP contribution in [-0.2, 0) is 0 Å². The van der Waals surface area contributed by atoms with Crippen molar-refractivity contribution in [3.63, 3.8) is 0 Å². The van der Waals surface area contributed by atoms with E-state index in [1.165, 1.54) is 4.88 Å². The Bertz CT molecular complexity index is 599. The first-order chi connectivity index (χ1) is 10.6. The lowest BCUT2D eigenvalue weighted by Gasteiger charge is -2.23. The molecule has 2 rings (SSSR count). The molecule has 0 aliphatic rings. The number of carbonyl (C=O) groups is 1. The molecule has 0 saturated carbocycles. The highest BCUT2D eigenvalue weighted by molar-refractivity contribution is 7.10. The molecule has 2 aromatic rings. The Labute approximate surface area is 134 Å². The van der Waals surface area contributed by atoms with Gasteiger partial charge in [-0.2, -0.15) is 0 Å². The van der Waals surface area contributed by atoms with Gasteiger partial charge in [0.05, 0.1) is 12.6 Å². The van der Waals surface area contributed by atoms with E-state index >= 15 is 0 Å². The van der Waals surface area contributed by atoms with E-state index in [4.69, 9.17) is 4.74 Å². The monoisotopic (exact) mass is 319 g/mol. The van der Waals surface area contributed by atoms with Crippen molar-refractivity contribution in [3.05, 3.63) is 46.3 Å². The number of pyridine rings is 1. The highest BCUT2D eigenvalue weighted by Gasteiger charge is 2.18. The fourth-order valence-corrected chi connectivity index (χ4v) is 3.04. The first-order valence-electron chi connectivity index (χ1n) is 7.19. The third-order valence-electron chi connectivity index (χ3n) is 3.25. The normalized spacial score (nSPS) is 12.2. The third kappa shape index (κ3) is 4.05. The second-order valence-electron chi connectivity index (χ2n) is 4.99. The molecule has 1 N–H and O–H groups in total. The van der Waals surface area contributed by atoms with Crippen molar-refractivity contribution >= 4 is 17.2 Å². The molecule has 1 amide bonds. The number of carbonyl (C=O) groups excluding carboxylic acids is 1. The average Bonchev–Trinajstić information content (AvgIpc) is 3.02. The highest BCUT2D eigenvalue weighted by Crippen LogP contribution is 2.22. The van der Waals surface area contributed by atoms with Gasteiger partial charge in [0.15, 0.2) is 0 Å². The van der Waals surface area contributed by atoms with Crippen molar-refractivity contribution in [2.75, 3.05) is 27.2 Å². The summed E-state index contributed by atoms with van der Waals surface area (Å²) in [5.74, 6) is 0.208. The number of hydrogen-bond donors (Lipinski definition) is 1. The molecule has 2 heterocycles. The summed E-state index contributed by atoms with van der Waals surface area (Å²) in [4.78, 5) is 19.8. The molecule has 0 radical (unpaired) electrons. The minimum atomic E-state index is -0.167. The molecule has 6 heteroatoms. The Hall–Kier alpha value is -1.92. The summed E-state index contributed by atoms with van der Waals surface area (Å²) in [6, 6.07) is 7.71. The SMILES string of the molecule is CCOc1ncccc1C(=O)NCC(c1cccs1)N(C)C. The van der Waals surface area contributed by atoms with Crippen molar-refractivity contribution in [3.8, 4) is 5.88 Å². The van der Waals surface area contributed by atoms with E-state index in [2.05, 4.69) is 21.3 Å². The molecule has 0 aliphatic carbocycles. The largest absolute Gasteiger partial charge is 0.477 e. The summed E-state index contributed by atoms with van der Waals surface area (Å²) >= 11 is 1.69. The minimum Gasteiger partial charge on any atom is -0.477 e. The lowest BCUT2D eigenvalue weighted by molar-refractivity contribution is 0.0937. The first-order valence-corrected chi connectivity index (χ1v) is 8.07. The smallest absolute Gasteiger partial charge is 0.256 e. The Morgan fingerprint density at radius 1 is 1.41 bits per heavy atom. The Morgan fingerprint density at radius 2 is 2.23 bits per heavy atom. The molecule has 1 atom stereocenters. The minimum absolute atomic E-state index is 0.149. The van der Waals surface area contributed by atoms with Gasteiger partial charge in [-0.05, 0) is 44.6 Å². The number of nitrogens with zero attached hydrogens (tertiary/aromatic N) is 2. The Morgan fingerprint density at radius 3 is 2.86 bits per heavy atom. The number of thiophene rings is 1. The van der Waals surface area contributed by atoms with Crippen LogP contribution in [0.15, 0.2) is 35.8 Å². The van der Waals surface area contributed by atoms with Crippen molar-refractivity contribution in [2.45, 2.75) is 13.0 Å². The van der Waals surface area contributed by atoms with Crippen LogP contribution in [0, 0.1) is 0 Å². The first kappa shape index (κ1) is 16.5. The van der Waals surface area contributed by atoms with Crippen molar-refractivity contribution in [2.24, 2.45) is 0 Å². The number of hydrogen-bond acceptors (Lipinski definition) is 5.